The van der Waals surface area contributed by atoms with E-state index in [-0.39, 0.29) is 24.1 Å². The van der Waals surface area contributed by atoms with E-state index in [2.05, 4.69) is 30.4 Å². The van der Waals surface area contributed by atoms with Crippen molar-refractivity contribution in [3.8, 4) is 0 Å². The third-order valence-electron chi connectivity index (χ3n) is 6.73. The molecule has 4 aromatic heterocycles. The molecule has 12 nitrogen and oxygen atoms in total. The molecule has 45 heavy (non-hydrogen) atoms. The van der Waals surface area contributed by atoms with Crippen LogP contribution in [0.5, 0.6) is 0 Å². The second-order valence-corrected chi connectivity index (χ2v) is 10.6. The number of halogens is 3. The molecule has 4 heterocycles. The Labute approximate surface area is 273 Å². The number of carboxylic acids is 1. The average Bonchev–Trinajstić information content (AvgIpc) is 3.54. The Balaban J connectivity index is 0.000000201. The van der Waals surface area contributed by atoms with Gasteiger partial charge in [-0.2, -0.15) is 0 Å². The van der Waals surface area contributed by atoms with Crippen LogP contribution < -0.4 is 0 Å². The van der Waals surface area contributed by atoms with Crippen molar-refractivity contribution in [2.45, 2.75) is 19.8 Å². The molecule has 2 aromatic carbocycles. The van der Waals surface area contributed by atoms with E-state index in [1.54, 1.807) is 38.0 Å². The predicted octanol–water partition coefficient (Wildman–Crippen LogP) is 5.51. The van der Waals surface area contributed by atoms with Crippen molar-refractivity contribution in [3.63, 3.8) is 0 Å². The molecule has 0 aliphatic carbocycles. The first-order valence-electron chi connectivity index (χ1n) is 13.4. The van der Waals surface area contributed by atoms with Crippen LogP contribution in [0, 0.1) is 0 Å². The summed E-state index contributed by atoms with van der Waals surface area (Å²) >= 11 is 11.9. The first kappa shape index (κ1) is 33.2. The summed E-state index contributed by atoms with van der Waals surface area (Å²) < 4.78 is 8.08. The highest BCUT2D eigenvalue weighted by molar-refractivity contribution is 6.31. The maximum absolute atomic E-state index is 11.8. The number of nitrogens with zero attached hydrogens (tertiary/aromatic N) is 8. The minimum Gasteiger partial charge on any atom is -0.475 e. The molecular weight excluding hydrogens is 643 g/mol. The van der Waals surface area contributed by atoms with E-state index in [9.17, 15) is 9.59 Å². The summed E-state index contributed by atoms with van der Waals surface area (Å²) in [5, 5.41) is 27.6. The Morgan fingerprint density at radius 1 is 0.756 bits per heavy atom. The van der Waals surface area contributed by atoms with Gasteiger partial charge in [-0.1, -0.05) is 35.3 Å². The van der Waals surface area contributed by atoms with Crippen LogP contribution in [0.2, 0.25) is 10.0 Å². The lowest BCUT2D eigenvalue weighted by Crippen LogP contribution is -2.12. The fourth-order valence-corrected chi connectivity index (χ4v) is 4.82. The molecule has 0 radical (unpaired) electrons. The Kier molecular flexibility index (Phi) is 10.7. The monoisotopic (exact) mass is 668 g/mol. The number of hydrogen-bond acceptors (Lipinski definition) is 9. The summed E-state index contributed by atoms with van der Waals surface area (Å²) in [6.07, 6.45) is 4.26. The quantitative estimate of drug-likeness (QED) is 0.216. The number of esters is 1. The molecule has 0 aliphatic heterocycles. The first-order valence-corrected chi connectivity index (χ1v) is 14.1. The number of carboxylic acid groups (broad SMARTS) is 1. The Morgan fingerprint density at radius 2 is 1.22 bits per heavy atom. The number of hydrogen-bond donors (Lipinski definition) is 1. The Hall–Kier alpha value is -4.65. The van der Waals surface area contributed by atoms with Crippen molar-refractivity contribution in [2.24, 2.45) is 14.1 Å². The number of aromatic carboxylic acids is 1. The molecule has 0 bridgehead atoms. The van der Waals surface area contributed by atoms with Crippen LogP contribution in [0.25, 0.3) is 21.8 Å². The fourth-order valence-electron chi connectivity index (χ4n) is 4.48. The molecule has 0 saturated heterocycles. The lowest BCUT2D eigenvalue weighted by Gasteiger charge is -2.05. The maximum Gasteiger partial charge on any atom is 0.376 e. The number of fused-ring (bicyclic) bond motifs is 2. The Bertz CT molecular complexity index is 2010. The van der Waals surface area contributed by atoms with Crippen LogP contribution in [0.3, 0.4) is 0 Å². The molecule has 0 atom stereocenters. The normalized spacial score (nSPS) is 10.7. The van der Waals surface area contributed by atoms with Crippen molar-refractivity contribution in [1.82, 2.24) is 39.5 Å². The van der Waals surface area contributed by atoms with Gasteiger partial charge in [0.05, 0.1) is 27.7 Å². The van der Waals surface area contributed by atoms with Gasteiger partial charge >= 0.3 is 11.9 Å². The highest BCUT2D eigenvalue weighted by Crippen LogP contribution is 2.21. The SMILES string of the molecule is CCOC(=O)c1nnc(Cc2ccc3ncc(Cl)cc3c2)n1C.Cl.Cn1c(Cc2ccc3ncc(Cl)cc3c2)nnc1C(=O)O. The van der Waals surface area contributed by atoms with Gasteiger partial charge in [0.2, 0.25) is 11.6 Å². The summed E-state index contributed by atoms with van der Waals surface area (Å²) in [5.74, 6) is -0.166. The molecule has 0 spiro atoms. The lowest BCUT2D eigenvalue weighted by molar-refractivity contribution is 0.0506. The van der Waals surface area contributed by atoms with E-state index in [1.165, 1.54) is 4.57 Å². The standard InChI is InChI=1S/C16H15ClN4O2.C14H11ClN4O2.ClH/c1-3-23-16(22)15-20-19-14(21(15)2)7-10-4-5-13-11(6-10)8-12(17)9-18-13;1-19-12(17-18-13(19)14(20)21)5-8-2-3-11-9(4-8)6-10(15)7-16-11;/h4-6,8-9H,3,7H2,1-2H3;2-4,6-7H,5H2,1H3,(H,20,21);1H. The second kappa shape index (κ2) is 14.4. The highest BCUT2D eigenvalue weighted by Gasteiger charge is 2.18. The van der Waals surface area contributed by atoms with Gasteiger partial charge < -0.3 is 19.0 Å². The molecule has 0 aliphatic rings. The topological polar surface area (TPSA) is 151 Å². The third kappa shape index (κ3) is 7.72. The maximum atomic E-state index is 11.8. The molecule has 0 amide bonds. The molecule has 6 rings (SSSR count). The minimum atomic E-state index is -1.09. The highest BCUT2D eigenvalue weighted by atomic mass is 35.5. The smallest absolute Gasteiger partial charge is 0.376 e. The molecule has 1 N–H and O–H groups in total. The third-order valence-corrected chi connectivity index (χ3v) is 7.14. The molecule has 0 unspecified atom stereocenters. The molecule has 6 aromatic rings. The van der Waals surface area contributed by atoms with E-state index >= 15 is 0 Å². The van der Waals surface area contributed by atoms with Gasteiger partial charge in [-0.3, -0.25) is 9.97 Å². The van der Waals surface area contributed by atoms with Crippen molar-refractivity contribution < 1.29 is 19.4 Å². The van der Waals surface area contributed by atoms with Gasteiger partial charge in [-0.25, -0.2) is 9.59 Å². The number of ether oxygens (including phenoxy) is 1. The van der Waals surface area contributed by atoms with Gasteiger partial charge in [-0.15, -0.1) is 32.8 Å². The number of rotatable bonds is 7. The van der Waals surface area contributed by atoms with Crippen molar-refractivity contribution in [3.05, 3.63) is 105 Å². The fraction of sp³-hybridized carbons (Fsp3) is 0.200. The minimum absolute atomic E-state index is 0. The molecule has 15 heteroatoms. The summed E-state index contributed by atoms with van der Waals surface area (Å²) in [4.78, 5) is 31.2. The van der Waals surface area contributed by atoms with Crippen LogP contribution in [0.4, 0.5) is 0 Å². The second-order valence-electron chi connectivity index (χ2n) is 9.74. The van der Waals surface area contributed by atoms with Crippen LogP contribution in [-0.2, 0) is 31.7 Å². The van der Waals surface area contributed by atoms with E-state index < -0.39 is 11.9 Å². The van der Waals surface area contributed by atoms with Gasteiger partial charge in [0.15, 0.2) is 0 Å². The summed E-state index contributed by atoms with van der Waals surface area (Å²) in [6, 6.07) is 15.4. The number of pyridine rings is 2. The number of aromatic nitrogens is 8. The van der Waals surface area contributed by atoms with Crippen LogP contribution in [-0.4, -0.2) is 63.1 Å². The van der Waals surface area contributed by atoms with Gasteiger partial charge in [0, 0.05) is 50.1 Å². The van der Waals surface area contributed by atoms with E-state index in [0.717, 1.165) is 32.9 Å². The van der Waals surface area contributed by atoms with E-state index in [0.29, 0.717) is 41.1 Å². The van der Waals surface area contributed by atoms with Crippen molar-refractivity contribution in [2.75, 3.05) is 6.61 Å². The largest absolute Gasteiger partial charge is 0.475 e. The van der Waals surface area contributed by atoms with Gasteiger partial charge in [0.25, 0.3) is 0 Å². The lowest BCUT2D eigenvalue weighted by atomic mass is 10.1. The van der Waals surface area contributed by atoms with Crippen LogP contribution in [0.1, 0.15) is 50.9 Å². The first-order chi connectivity index (χ1) is 21.1. The zero-order chi connectivity index (χ0) is 31.4. The zero-order valence-corrected chi connectivity index (χ0v) is 26.6. The predicted molar refractivity (Wildman–Crippen MR) is 171 cm³/mol. The summed E-state index contributed by atoms with van der Waals surface area (Å²) in [5.41, 5.74) is 3.75. The zero-order valence-electron chi connectivity index (χ0n) is 24.3. The molecule has 0 saturated carbocycles. The van der Waals surface area contributed by atoms with Gasteiger partial charge in [-0.05, 0) is 54.4 Å². The number of benzene rings is 2. The number of carbonyl (C=O) groups is 2. The van der Waals surface area contributed by atoms with Crippen molar-refractivity contribution in [1.29, 1.82) is 0 Å². The van der Waals surface area contributed by atoms with E-state index in [1.807, 2.05) is 48.5 Å². The summed E-state index contributed by atoms with van der Waals surface area (Å²) in [6.45, 7) is 2.06. The van der Waals surface area contributed by atoms with Gasteiger partial charge in [0.1, 0.15) is 11.6 Å². The number of carbonyl (C=O) groups excluding carboxylic acids is 1. The van der Waals surface area contributed by atoms with Crippen LogP contribution >= 0.6 is 35.6 Å². The van der Waals surface area contributed by atoms with Crippen LogP contribution in [0.15, 0.2) is 60.9 Å². The van der Waals surface area contributed by atoms with E-state index in [4.69, 9.17) is 33.0 Å². The van der Waals surface area contributed by atoms with Crippen molar-refractivity contribution >= 4 is 69.4 Å². The Morgan fingerprint density at radius 3 is 1.67 bits per heavy atom. The molecular formula is C30H27Cl3N8O4. The summed E-state index contributed by atoms with van der Waals surface area (Å²) in [7, 11) is 3.39. The molecule has 232 valence electrons. The average molecular weight is 670 g/mol. The molecule has 0 fully saturated rings.